The molecule has 0 spiro atoms. The summed E-state index contributed by atoms with van der Waals surface area (Å²) in [5, 5.41) is 0. The van der Waals surface area contributed by atoms with Crippen LogP contribution in [0, 0.1) is 37.0 Å². The van der Waals surface area contributed by atoms with Gasteiger partial charge in [0, 0.05) is 22.1 Å². The van der Waals surface area contributed by atoms with Crippen LogP contribution < -0.4 is 0 Å². The average Bonchev–Trinajstić information content (AvgIpc) is 2.73. The maximum atomic E-state index is 5.51. The topological polar surface area (TPSA) is 0 Å². The maximum Gasteiger partial charge on any atom is 0.0423 e. The summed E-state index contributed by atoms with van der Waals surface area (Å²) in [6, 6.07) is 24.3. The van der Waals surface area contributed by atoms with Crippen LogP contribution in [-0.4, -0.2) is 0 Å². The summed E-state index contributed by atoms with van der Waals surface area (Å²) in [5.74, 6) is 8.01. The van der Waals surface area contributed by atoms with Crippen LogP contribution in [0.4, 0.5) is 0 Å². The van der Waals surface area contributed by atoms with Crippen molar-refractivity contribution in [3.8, 4) is 37.0 Å². The molecule has 3 aromatic rings. The number of rotatable bonds is 3. The van der Waals surface area contributed by atoms with Gasteiger partial charge in [0.25, 0.3) is 0 Å². The van der Waals surface area contributed by atoms with Crippen LogP contribution in [0.25, 0.3) is 0 Å². The molecule has 0 nitrogen and oxygen atoms in total. The summed E-state index contributed by atoms with van der Waals surface area (Å²) < 4.78 is 0. The number of benzene rings is 3. The molecule has 122 valence electrons. The lowest BCUT2D eigenvalue weighted by Crippen LogP contribution is -2.25. The number of hydrogen-bond donors (Lipinski definition) is 0. The Morgan fingerprint density at radius 2 is 0.731 bits per heavy atom. The molecule has 0 radical (unpaired) electrons. The largest absolute Gasteiger partial charge is 0.115 e. The molecule has 3 aromatic carbocycles. The van der Waals surface area contributed by atoms with E-state index in [4.69, 9.17) is 19.3 Å². The Hall–Kier alpha value is -3.66. The van der Waals surface area contributed by atoms with Crippen molar-refractivity contribution in [2.75, 3.05) is 0 Å². The van der Waals surface area contributed by atoms with Gasteiger partial charge < -0.3 is 0 Å². The monoisotopic (exact) mass is 330 g/mol. The predicted molar refractivity (Wildman–Crippen MR) is 109 cm³/mol. The van der Waals surface area contributed by atoms with Gasteiger partial charge in [0.15, 0.2) is 0 Å². The van der Waals surface area contributed by atoms with Gasteiger partial charge in [0.2, 0.25) is 0 Å². The van der Waals surface area contributed by atoms with Crippen molar-refractivity contribution >= 4 is 0 Å². The highest BCUT2D eigenvalue weighted by molar-refractivity contribution is 5.53. The lowest BCUT2D eigenvalue weighted by atomic mass is 9.71. The van der Waals surface area contributed by atoms with Crippen LogP contribution in [0.2, 0.25) is 0 Å². The molecule has 0 saturated heterocycles. The zero-order valence-electron chi connectivity index (χ0n) is 14.7. The molecule has 0 saturated carbocycles. The molecule has 0 unspecified atom stereocenters. The fraction of sp³-hybridized carbons (Fsp3) is 0.0769. The number of hydrogen-bond acceptors (Lipinski definition) is 0. The summed E-state index contributed by atoms with van der Waals surface area (Å²) in [7, 11) is 0. The quantitative estimate of drug-likeness (QED) is 0.469. The van der Waals surface area contributed by atoms with Gasteiger partial charge in [-0.3, -0.25) is 0 Å². The third-order valence-corrected chi connectivity index (χ3v) is 4.89. The van der Waals surface area contributed by atoms with E-state index >= 15 is 0 Å². The summed E-state index contributed by atoms with van der Waals surface area (Å²) in [6.07, 6.45) is 16.5. The normalized spacial score (nSPS) is 10.4. The van der Waals surface area contributed by atoms with Crippen LogP contribution in [0.3, 0.4) is 0 Å². The standard InChI is InChI=1S/C26H18/c1-5-20-8-14-23(15-9-20)26(4,24-16-10-21(6-2)11-17-24)25-18-12-22(7-3)13-19-25/h1-3,8-19H,4H3. The average molecular weight is 330 g/mol. The van der Waals surface area contributed by atoms with Gasteiger partial charge in [-0.2, -0.15) is 0 Å². The second kappa shape index (κ2) is 7.07. The molecule has 0 heteroatoms. The van der Waals surface area contributed by atoms with E-state index in [1.54, 1.807) is 0 Å². The van der Waals surface area contributed by atoms with E-state index < -0.39 is 0 Å². The van der Waals surface area contributed by atoms with Crippen molar-refractivity contribution in [3.05, 3.63) is 106 Å². The molecular formula is C26H18. The molecule has 3 rings (SSSR count). The third kappa shape index (κ3) is 3.00. The lowest BCUT2D eigenvalue weighted by molar-refractivity contribution is 0.692. The van der Waals surface area contributed by atoms with Gasteiger partial charge >= 0.3 is 0 Å². The Labute approximate surface area is 155 Å². The molecule has 0 atom stereocenters. The molecule has 0 aliphatic heterocycles. The van der Waals surface area contributed by atoms with Gasteiger partial charge in [-0.1, -0.05) is 54.2 Å². The first kappa shape index (κ1) is 17.2. The molecule has 0 N–H and O–H groups in total. The molecule has 26 heavy (non-hydrogen) atoms. The van der Waals surface area contributed by atoms with Crippen molar-refractivity contribution < 1.29 is 0 Å². The van der Waals surface area contributed by atoms with E-state index in [9.17, 15) is 0 Å². The summed E-state index contributed by atoms with van der Waals surface area (Å²) >= 11 is 0. The van der Waals surface area contributed by atoms with E-state index in [0.29, 0.717) is 0 Å². The first-order valence-electron chi connectivity index (χ1n) is 8.33. The minimum atomic E-state index is -0.354. The molecule has 0 aliphatic carbocycles. The molecule has 0 amide bonds. The molecular weight excluding hydrogens is 312 g/mol. The molecule has 0 aromatic heterocycles. The Kier molecular flexibility index (Phi) is 4.67. The van der Waals surface area contributed by atoms with Crippen LogP contribution >= 0.6 is 0 Å². The van der Waals surface area contributed by atoms with E-state index in [-0.39, 0.29) is 5.41 Å². The second-order valence-corrected chi connectivity index (χ2v) is 6.29. The Balaban J connectivity index is 2.20. The first-order valence-corrected chi connectivity index (χ1v) is 8.33. The van der Waals surface area contributed by atoms with Crippen molar-refractivity contribution in [1.82, 2.24) is 0 Å². The Morgan fingerprint density at radius 1 is 0.500 bits per heavy atom. The highest BCUT2D eigenvalue weighted by atomic mass is 14.3. The zero-order valence-corrected chi connectivity index (χ0v) is 14.7. The van der Waals surface area contributed by atoms with Crippen molar-refractivity contribution in [1.29, 1.82) is 0 Å². The van der Waals surface area contributed by atoms with Gasteiger partial charge in [0.05, 0.1) is 0 Å². The maximum absolute atomic E-state index is 5.51. The van der Waals surface area contributed by atoms with E-state index in [1.807, 2.05) is 36.4 Å². The fourth-order valence-corrected chi connectivity index (χ4v) is 3.20. The third-order valence-electron chi connectivity index (χ3n) is 4.89. The number of terminal acetylenes is 3. The van der Waals surface area contributed by atoms with E-state index in [2.05, 4.69) is 61.1 Å². The molecule has 0 bridgehead atoms. The fourth-order valence-electron chi connectivity index (χ4n) is 3.20. The minimum Gasteiger partial charge on any atom is -0.115 e. The highest BCUT2D eigenvalue weighted by Crippen LogP contribution is 2.39. The van der Waals surface area contributed by atoms with Gasteiger partial charge in [-0.15, -0.1) is 19.3 Å². The predicted octanol–water partition coefficient (Wildman–Crippen LogP) is 4.98. The second-order valence-electron chi connectivity index (χ2n) is 6.29. The van der Waals surface area contributed by atoms with Crippen molar-refractivity contribution in [3.63, 3.8) is 0 Å². The van der Waals surface area contributed by atoms with Crippen LogP contribution in [0.1, 0.15) is 40.3 Å². The molecule has 0 heterocycles. The minimum absolute atomic E-state index is 0.354. The van der Waals surface area contributed by atoms with Crippen LogP contribution in [-0.2, 0) is 5.41 Å². The van der Waals surface area contributed by atoms with Gasteiger partial charge in [0.1, 0.15) is 0 Å². The van der Waals surface area contributed by atoms with Crippen molar-refractivity contribution in [2.45, 2.75) is 12.3 Å². The summed E-state index contributed by atoms with van der Waals surface area (Å²) in [5.41, 5.74) is 5.69. The zero-order chi connectivity index (χ0) is 18.6. The molecule has 0 fully saturated rings. The lowest BCUT2D eigenvalue weighted by Gasteiger charge is -2.32. The first-order chi connectivity index (χ1) is 12.6. The van der Waals surface area contributed by atoms with Crippen molar-refractivity contribution in [2.24, 2.45) is 0 Å². The highest BCUT2D eigenvalue weighted by Gasteiger charge is 2.31. The Morgan fingerprint density at radius 3 is 0.923 bits per heavy atom. The van der Waals surface area contributed by atoms with E-state index in [1.165, 1.54) is 0 Å². The van der Waals surface area contributed by atoms with E-state index in [0.717, 1.165) is 33.4 Å². The summed E-state index contributed by atoms with van der Waals surface area (Å²) in [4.78, 5) is 0. The smallest absolute Gasteiger partial charge is 0.0423 e. The Bertz CT molecular complexity index is 887. The SMILES string of the molecule is C#Cc1ccc(C(C)(c2ccc(C#C)cc2)c2ccc(C#C)cc2)cc1. The molecule has 0 aliphatic rings. The van der Waals surface area contributed by atoms with Crippen LogP contribution in [0.15, 0.2) is 72.8 Å². The van der Waals surface area contributed by atoms with Gasteiger partial charge in [-0.05, 0) is 60.0 Å². The van der Waals surface area contributed by atoms with Gasteiger partial charge in [-0.25, -0.2) is 0 Å². The van der Waals surface area contributed by atoms with Crippen LogP contribution in [0.5, 0.6) is 0 Å². The summed E-state index contributed by atoms with van der Waals surface area (Å²) in [6.45, 7) is 2.20.